The molecule has 7 nitrogen and oxygen atoms in total. The summed E-state index contributed by atoms with van der Waals surface area (Å²) >= 11 is 0. The van der Waals surface area contributed by atoms with Crippen molar-refractivity contribution in [3.05, 3.63) is 30.1 Å². The molecule has 1 aromatic rings. The summed E-state index contributed by atoms with van der Waals surface area (Å²) in [6.07, 6.45) is -0.556. The largest absolute Gasteiger partial charge is 0.486 e. The molecule has 0 unspecified atom stereocenters. The Morgan fingerprint density at radius 2 is 2.00 bits per heavy atom. The zero-order valence-electron chi connectivity index (χ0n) is 13.1. The van der Waals surface area contributed by atoms with Gasteiger partial charge in [-0.15, -0.1) is 0 Å². The van der Waals surface area contributed by atoms with E-state index in [0.717, 1.165) is 8.61 Å². The molecule has 9 heteroatoms. The van der Waals surface area contributed by atoms with Gasteiger partial charge in [-0.05, 0) is 12.1 Å². The normalized spacial score (nSPS) is 22.3. The maximum absolute atomic E-state index is 13.7. The standard InChI is InChI=1S/C14H19FN2O5S/c1-16(2)23(19,20)17-9-10(8-12(17)14(18)21-3)22-13-7-5-4-6-11(13)15/h4-7,10,12H,8-9H2,1-3H3/t10-,12+/m1/s1. The predicted octanol–water partition coefficient (Wildman–Crippen LogP) is 0.627. The van der Waals surface area contributed by atoms with E-state index in [0.29, 0.717) is 0 Å². The Morgan fingerprint density at radius 3 is 2.57 bits per heavy atom. The molecule has 2 atom stereocenters. The zero-order valence-corrected chi connectivity index (χ0v) is 13.9. The first-order valence-electron chi connectivity index (χ1n) is 6.95. The molecule has 0 aromatic heterocycles. The fourth-order valence-electron chi connectivity index (χ4n) is 2.39. The van der Waals surface area contributed by atoms with E-state index in [-0.39, 0.29) is 18.7 Å². The number of esters is 1. The first kappa shape index (κ1) is 17.6. The first-order chi connectivity index (χ1) is 10.8. The van der Waals surface area contributed by atoms with Crippen LogP contribution in [0.15, 0.2) is 24.3 Å². The second kappa shape index (κ2) is 6.81. The highest BCUT2D eigenvalue weighted by atomic mass is 32.2. The molecule has 0 radical (unpaired) electrons. The Labute approximate surface area is 134 Å². The van der Waals surface area contributed by atoms with Gasteiger partial charge >= 0.3 is 5.97 Å². The lowest BCUT2D eigenvalue weighted by atomic mass is 10.2. The summed E-state index contributed by atoms with van der Waals surface area (Å²) in [5.41, 5.74) is 0. The maximum Gasteiger partial charge on any atom is 0.324 e. The molecule has 1 aliphatic rings. The Morgan fingerprint density at radius 1 is 1.35 bits per heavy atom. The third-order valence-corrected chi connectivity index (χ3v) is 5.50. The van der Waals surface area contributed by atoms with Gasteiger partial charge < -0.3 is 9.47 Å². The zero-order chi connectivity index (χ0) is 17.2. The van der Waals surface area contributed by atoms with Gasteiger partial charge in [0.1, 0.15) is 12.1 Å². The summed E-state index contributed by atoms with van der Waals surface area (Å²) in [4.78, 5) is 11.9. The van der Waals surface area contributed by atoms with Crippen molar-refractivity contribution in [1.82, 2.24) is 8.61 Å². The number of para-hydroxylation sites is 1. The van der Waals surface area contributed by atoms with Gasteiger partial charge in [0.25, 0.3) is 10.2 Å². The fraction of sp³-hybridized carbons (Fsp3) is 0.500. The molecule has 0 bridgehead atoms. The number of rotatable bonds is 5. The number of methoxy groups -OCH3 is 1. The minimum absolute atomic E-state index is 0.0187. The van der Waals surface area contributed by atoms with Crippen LogP contribution in [0.25, 0.3) is 0 Å². The fourth-order valence-corrected chi connectivity index (χ4v) is 3.66. The van der Waals surface area contributed by atoms with Gasteiger partial charge in [0.15, 0.2) is 11.6 Å². The lowest BCUT2D eigenvalue weighted by Gasteiger charge is -2.24. The number of carbonyl (C=O) groups is 1. The first-order valence-corrected chi connectivity index (χ1v) is 8.35. The molecule has 0 amide bonds. The van der Waals surface area contributed by atoms with Crippen LogP contribution >= 0.6 is 0 Å². The van der Waals surface area contributed by atoms with E-state index in [9.17, 15) is 17.6 Å². The van der Waals surface area contributed by atoms with Gasteiger partial charge in [0.2, 0.25) is 0 Å². The molecule has 0 aliphatic carbocycles. The highest BCUT2D eigenvalue weighted by molar-refractivity contribution is 7.86. The Balaban J connectivity index is 2.23. The predicted molar refractivity (Wildman–Crippen MR) is 80.5 cm³/mol. The second-order valence-electron chi connectivity index (χ2n) is 5.30. The van der Waals surface area contributed by atoms with Crippen LogP contribution in [0.3, 0.4) is 0 Å². The molecular formula is C14H19FN2O5S. The van der Waals surface area contributed by atoms with Crippen LogP contribution in [0, 0.1) is 5.82 Å². The van der Waals surface area contributed by atoms with Crippen molar-refractivity contribution in [1.29, 1.82) is 0 Å². The summed E-state index contributed by atoms with van der Waals surface area (Å²) in [5, 5.41) is 0. The van der Waals surface area contributed by atoms with E-state index in [1.165, 1.54) is 39.4 Å². The quantitative estimate of drug-likeness (QED) is 0.731. The molecule has 0 N–H and O–H groups in total. The van der Waals surface area contributed by atoms with Crippen LogP contribution in [-0.4, -0.2) is 62.9 Å². The Hall–Kier alpha value is -1.71. The van der Waals surface area contributed by atoms with E-state index in [1.807, 2.05) is 0 Å². The van der Waals surface area contributed by atoms with Crippen molar-refractivity contribution in [3.8, 4) is 5.75 Å². The molecule has 0 saturated carbocycles. The van der Waals surface area contributed by atoms with E-state index in [1.54, 1.807) is 6.07 Å². The minimum Gasteiger partial charge on any atom is -0.486 e. The molecular weight excluding hydrogens is 327 g/mol. The molecule has 1 aliphatic heterocycles. The molecule has 1 saturated heterocycles. The molecule has 23 heavy (non-hydrogen) atoms. The molecule has 1 fully saturated rings. The number of ether oxygens (including phenoxy) is 2. The van der Waals surface area contributed by atoms with Gasteiger partial charge in [0.05, 0.1) is 13.7 Å². The topological polar surface area (TPSA) is 76.1 Å². The third-order valence-electron chi connectivity index (χ3n) is 3.58. The van der Waals surface area contributed by atoms with Crippen molar-refractivity contribution in [3.63, 3.8) is 0 Å². The van der Waals surface area contributed by atoms with Crippen LogP contribution in [-0.2, 0) is 19.7 Å². The van der Waals surface area contributed by atoms with Gasteiger partial charge in [0, 0.05) is 20.5 Å². The smallest absolute Gasteiger partial charge is 0.324 e. The van der Waals surface area contributed by atoms with Crippen molar-refractivity contribution in [2.75, 3.05) is 27.7 Å². The number of carbonyl (C=O) groups excluding carboxylic acids is 1. The van der Waals surface area contributed by atoms with Crippen LogP contribution in [0.2, 0.25) is 0 Å². The number of benzene rings is 1. The minimum atomic E-state index is -3.82. The number of halogens is 1. The van der Waals surface area contributed by atoms with Gasteiger partial charge in [-0.3, -0.25) is 4.79 Å². The molecule has 1 heterocycles. The average Bonchev–Trinajstić information content (AvgIpc) is 2.93. The highest BCUT2D eigenvalue weighted by Gasteiger charge is 2.46. The molecule has 1 aromatic carbocycles. The van der Waals surface area contributed by atoms with Gasteiger partial charge in [-0.1, -0.05) is 12.1 Å². The SMILES string of the molecule is COC(=O)[C@@H]1C[C@@H](Oc2ccccc2F)CN1S(=O)(=O)N(C)C. The Kier molecular flexibility index (Phi) is 5.23. The van der Waals surface area contributed by atoms with Crippen LogP contribution in [0.1, 0.15) is 6.42 Å². The summed E-state index contributed by atoms with van der Waals surface area (Å²) < 4.78 is 50.6. The van der Waals surface area contributed by atoms with Crippen molar-refractivity contribution in [2.24, 2.45) is 0 Å². The summed E-state index contributed by atoms with van der Waals surface area (Å²) in [5.74, 6) is -1.20. The molecule has 0 spiro atoms. The van der Waals surface area contributed by atoms with E-state index >= 15 is 0 Å². The molecule has 128 valence electrons. The average molecular weight is 346 g/mol. The summed E-state index contributed by atoms with van der Waals surface area (Å²) in [7, 11) is 0.104. The van der Waals surface area contributed by atoms with Crippen LogP contribution in [0.5, 0.6) is 5.75 Å². The van der Waals surface area contributed by atoms with E-state index in [4.69, 9.17) is 4.74 Å². The highest BCUT2D eigenvalue weighted by Crippen LogP contribution is 2.28. The maximum atomic E-state index is 13.7. The van der Waals surface area contributed by atoms with Crippen molar-refractivity contribution >= 4 is 16.2 Å². The van der Waals surface area contributed by atoms with Crippen molar-refractivity contribution < 1.29 is 27.1 Å². The lowest BCUT2D eigenvalue weighted by molar-refractivity contribution is -0.144. The number of hydrogen-bond donors (Lipinski definition) is 0. The van der Waals surface area contributed by atoms with E-state index < -0.39 is 34.1 Å². The summed E-state index contributed by atoms with van der Waals surface area (Å²) in [6.45, 7) is -0.0609. The van der Waals surface area contributed by atoms with Crippen LogP contribution < -0.4 is 4.74 Å². The Bertz CT molecular complexity index is 680. The molecule has 2 rings (SSSR count). The number of hydrogen-bond acceptors (Lipinski definition) is 5. The second-order valence-corrected chi connectivity index (χ2v) is 7.40. The number of nitrogens with zero attached hydrogens (tertiary/aromatic N) is 2. The van der Waals surface area contributed by atoms with E-state index in [2.05, 4.69) is 4.74 Å². The monoisotopic (exact) mass is 346 g/mol. The van der Waals surface area contributed by atoms with Crippen LogP contribution in [0.4, 0.5) is 4.39 Å². The summed E-state index contributed by atoms with van der Waals surface area (Å²) in [6, 6.07) is 4.84. The van der Waals surface area contributed by atoms with Crippen molar-refractivity contribution in [2.45, 2.75) is 18.6 Å². The van der Waals surface area contributed by atoms with Gasteiger partial charge in [-0.2, -0.15) is 17.0 Å². The van der Waals surface area contributed by atoms with Gasteiger partial charge in [-0.25, -0.2) is 4.39 Å². The lowest BCUT2D eigenvalue weighted by Crippen LogP contribution is -2.46. The third kappa shape index (κ3) is 3.62.